The first-order chi connectivity index (χ1) is 13.5. The SMILES string of the molecule is COc1ccc(-n2cc(CN=C(N)NC(C)c3ccc(Cl)cc3Cl)nn2)cc1.I. The average molecular weight is 547 g/mol. The van der Waals surface area contributed by atoms with Crippen molar-refractivity contribution in [2.75, 3.05) is 7.11 Å². The number of nitrogens with zero attached hydrogens (tertiary/aromatic N) is 4. The highest BCUT2D eigenvalue weighted by Crippen LogP contribution is 2.25. The van der Waals surface area contributed by atoms with Gasteiger partial charge in [-0.15, -0.1) is 29.1 Å². The van der Waals surface area contributed by atoms with Crippen LogP contribution in [-0.2, 0) is 6.54 Å². The fraction of sp³-hybridized carbons (Fsp3) is 0.211. The van der Waals surface area contributed by atoms with Crippen molar-refractivity contribution in [3.63, 3.8) is 0 Å². The van der Waals surface area contributed by atoms with Crippen LogP contribution >= 0.6 is 47.2 Å². The van der Waals surface area contributed by atoms with E-state index in [1.807, 2.05) is 37.3 Å². The first-order valence-corrected chi connectivity index (χ1v) is 9.29. The molecule has 1 unspecified atom stereocenters. The molecule has 10 heteroatoms. The number of ether oxygens (including phenoxy) is 1. The van der Waals surface area contributed by atoms with E-state index in [0.29, 0.717) is 22.3 Å². The van der Waals surface area contributed by atoms with Gasteiger partial charge in [-0.2, -0.15) is 0 Å². The standard InChI is InChI=1S/C19H20Cl2N6O.HI/c1-12(17-8-3-13(20)9-18(17)21)24-19(22)23-10-14-11-27(26-25-14)15-4-6-16(28-2)7-5-15;/h3-9,11-12H,10H2,1-2H3,(H3,22,23,24);1H. The van der Waals surface area contributed by atoms with E-state index in [0.717, 1.165) is 17.0 Å². The number of guanidine groups is 1. The van der Waals surface area contributed by atoms with Crippen LogP contribution in [0.4, 0.5) is 0 Å². The van der Waals surface area contributed by atoms with Gasteiger partial charge in [-0.1, -0.05) is 34.5 Å². The van der Waals surface area contributed by atoms with Crippen LogP contribution in [0.3, 0.4) is 0 Å². The largest absolute Gasteiger partial charge is 0.497 e. The zero-order chi connectivity index (χ0) is 20.1. The molecule has 154 valence electrons. The lowest BCUT2D eigenvalue weighted by atomic mass is 10.1. The molecule has 1 atom stereocenters. The number of rotatable bonds is 6. The maximum absolute atomic E-state index is 6.23. The van der Waals surface area contributed by atoms with E-state index >= 15 is 0 Å². The molecule has 3 aromatic rings. The minimum atomic E-state index is -0.122. The van der Waals surface area contributed by atoms with Gasteiger partial charge in [0.15, 0.2) is 5.96 Å². The summed E-state index contributed by atoms with van der Waals surface area (Å²) in [6.07, 6.45) is 1.80. The molecule has 0 aliphatic heterocycles. The van der Waals surface area contributed by atoms with Crippen LogP contribution in [-0.4, -0.2) is 28.1 Å². The Morgan fingerprint density at radius 1 is 1.24 bits per heavy atom. The number of aliphatic imine (C=N–C) groups is 1. The van der Waals surface area contributed by atoms with Crippen LogP contribution in [0.1, 0.15) is 24.2 Å². The van der Waals surface area contributed by atoms with Crippen LogP contribution in [0, 0.1) is 0 Å². The van der Waals surface area contributed by atoms with Gasteiger partial charge in [0.25, 0.3) is 0 Å². The molecular weight excluding hydrogens is 526 g/mol. The topological polar surface area (TPSA) is 90.3 Å². The summed E-state index contributed by atoms with van der Waals surface area (Å²) in [5.74, 6) is 1.07. The summed E-state index contributed by atoms with van der Waals surface area (Å²) in [6.45, 7) is 2.24. The summed E-state index contributed by atoms with van der Waals surface area (Å²) in [6, 6.07) is 12.7. The molecule has 3 rings (SSSR count). The third kappa shape index (κ3) is 6.22. The summed E-state index contributed by atoms with van der Waals surface area (Å²) in [5, 5.41) is 12.5. The molecule has 3 N–H and O–H groups in total. The van der Waals surface area contributed by atoms with Gasteiger partial charge in [-0.05, 0) is 48.9 Å². The zero-order valence-electron chi connectivity index (χ0n) is 15.8. The first-order valence-electron chi connectivity index (χ1n) is 8.53. The summed E-state index contributed by atoms with van der Waals surface area (Å²) >= 11 is 12.2. The van der Waals surface area contributed by atoms with Crippen LogP contribution in [0.15, 0.2) is 53.7 Å². The second-order valence-electron chi connectivity index (χ2n) is 6.09. The predicted octanol–water partition coefficient (Wildman–Crippen LogP) is 4.37. The van der Waals surface area contributed by atoms with E-state index in [-0.39, 0.29) is 36.0 Å². The van der Waals surface area contributed by atoms with Gasteiger partial charge >= 0.3 is 0 Å². The molecule has 1 aromatic heterocycles. The third-order valence-electron chi connectivity index (χ3n) is 4.08. The van der Waals surface area contributed by atoms with Gasteiger partial charge in [0.05, 0.1) is 31.6 Å². The number of aromatic nitrogens is 3. The smallest absolute Gasteiger partial charge is 0.189 e. The molecule has 0 aliphatic carbocycles. The normalized spacial score (nSPS) is 12.2. The number of halogens is 3. The summed E-state index contributed by atoms with van der Waals surface area (Å²) < 4.78 is 6.82. The fourth-order valence-electron chi connectivity index (χ4n) is 2.60. The van der Waals surface area contributed by atoms with Gasteiger partial charge in [0.2, 0.25) is 0 Å². The third-order valence-corrected chi connectivity index (χ3v) is 4.65. The van der Waals surface area contributed by atoms with Crippen LogP contribution in [0.25, 0.3) is 5.69 Å². The Morgan fingerprint density at radius 2 is 1.97 bits per heavy atom. The molecule has 0 spiro atoms. The molecule has 0 saturated heterocycles. The van der Waals surface area contributed by atoms with Crippen molar-refractivity contribution in [1.82, 2.24) is 20.3 Å². The Labute approximate surface area is 196 Å². The Hall–Kier alpha value is -2.04. The molecular formula is C19H21Cl2IN6O. The highest BCUT2D eigenvalue weighted by atomic mass is 127. The average Bonchev–Trinajstić information content (AvgIpc) is 3.15. The van der Waals surface area contributed by atoms with E-state index in [4.69, 9.17) is 33.7 Å². The molecule has 0 saturated carbocycles. The van der Waals surface area contributed by atoms with Gasteiger partial charge in [-0.3, -0.25) is 0 Å². The quantitative estimate of drug-likeness (QED) is 0.272. The molecule has 0 amide bonds. The first kappa shape index (κ1) is 23.2. The van der Waals surface area contributed by atoms with Gasteiger partial charge in [-0.25, -0.2) is 9.67 Å². The number of methoxy groups -OCH3 is 1. The summed E-state index contributed by atoms with van der Waals surface area (Å²) in [7, 11) is 1.63. The number of hydrogen-bond acceptors (Lipinski definition) is 4. The van der Waals surface area contributed by atoms with Gasteiger partial charge in [0.1, 0.15) is 11.4 Å². The Bertz CT molecular complexity index is 977. The van der Waals surface area contributed by atoms with Crippen LogP contribution in [0.5, 0.6) is 5.75 Å². The van der Waals surface area contributed by atoms with Crippen molar-refractivity contribution in [2.24, 2.45) is 10.7 Å². The lowest BCUT2D eigenvalue weighted by molar-refractivity contribution is 0.414. The van der Waals surface area contributed by atoms with Crippen molar-refractivity contribution in [3.8, 4) is 11.4 Å². The van der Waals surface area contributed by atoms with Crippen LogP contribution in [0.2, 0.25) is 10.0 Å². The monoisotopic (exact) mass is 546 g/mol. The number of nitrogens with two attached hydrogens (primary N) is 1. The number of benzene rings is 2. The van der Waals surface area contributed by atoms with E-state index in [2.05, 4.69) is 20.6 Å². The Balaban J connectivity index is 0.00000300. The van der Waals surface area contributed by atoms with Crippen molar-refractivity contribution < 1.29 is 4.74 Å². The number of hydrogen-bond donors (Lipinski definition) is 2. The van der Waals surface area contributed by atoms with Crippen molar-refractivity contribution >= 4 is 53.1 Å². The predicted molar refractivity (Wildman–Crippen MR) is 127 cm³/mol. The molecule has 2 aromatic carbocycles. The minimum absolute atomic E-state index is 0. The maximum Gasteiger partial charge on any atom is 0.189 e. The molecule has 1 heterocycles. The lowest BCUT2D eigenvalue weighted by Crippen LogP contribution is -2.34. The lowest BCUT2D eigenvalue weighted by Gasteiger charge is -2.16. The molecule has 7 nitrogen and oxygen atoms in total. The molecule has 29 heavy (non-hydrogen) atoms. The van der Waals surface area contributed by atoms with Gasteiger partial charge in [0, 0.05) is 10.0 Å². The summed E-state index contributed by atoms with van der Waals surface area (Å²) in [4.78, 5) is 4.32. The van der Waals surface area contributed by atoms with Crippen molar-refractivity contribution in [1.29, 1.82) is 0 Å². The number of nitrogens with one attached hydrogen (secondary N) is 1. The highest BCUT2D eigenvalue weighted by molar-refractivity contribution is 14.0. The summed E-state index contributed by atoms with van der Waals surface area (Å²) in [5.41, 5.74) is 8.44. The van der Waals surface area contributed by atoms with E-state index in [9.17, 15) is 0 Å². The highest BCUT2D eigenvalue weighted by Gasteiger charge is 2.11. The second kappa shape index (κ2) is 10.7. The molecule has 0 radical (unpaired) electrons. The van der Waals surface area contributed by atoms with Gasteiger partial charge < -0.3 is 15.8 Å². The van der Waals surface area contributed by atoms with Crippen molar-refractivity contribution in [3.05, 3.63) is 70.0 Å². The van der Waals surface area contributed by atoms with Crippen LogP contribution < -0.4 is 15.8 Å². The second-order valence-corrected chi connectivity index (χ2v) is 6.93. The minimum Gasteiger partial charge on any atom is -0.497 e. The van der Waals surface area contributed by atoms with E-state index in [1.165, 1.54) is 0 Å². The molecule has 0 aliphatic rings. The molecule has 0 fully saturated rings. The zero-order valence-corrected chi connectivity index (χ0v) is 19.7. The maximum atomic E-state index is 6.23. The van der Waals surface area contributed by atoms with Crippen molar-refractivity contribution in [2.45, 2.75) is 19.5 Å². The van der Waals surface area contributed by atoms with E-state index < -0.39 is 0 Å². The molecule has 0 bridgehead atoms. The fourth-order valence-corrected chi connectivity index (χ4v) is 3.17. The Kier molecular flexibility index (Phi) is 8.54. The Morgan fingerprint density at radius 3 is 2.62 bits per heavy atom. The van der Waals surface area contributed by atoms with E-state index in [1.54, 1.807) is 30.1 Å².